The second kappa shape index (κ2) is 3.73. The van der Waals surface area contributed by atoms with Crippen molar-refractivity contribution in [2.45, 2.75) is 32.8 Å². The summed E-state index contributed by atoms with van der Waals surface area (Å²) in [5, 5.41) is 12.1. The van der Waals surface area contributed by atoms with Crippen molar-refractivity contribution < 1.29 is 5.11 Å². The van der Waals surface area contributed by atoms with Crippen LogP contribution in [0, 0.1) is 5.92 Å². The van der Waals surface area contributed by atoms with Crippen LogP contribution >= 0.6 is 0 Å². The topological polar surface area (TPSA) is 35.5 Å². The Bertz CT molecular complexity index is 139. The monoisotopic (exact) mass is 172 g/mol. The fourth-order valence-corrected chi connectivity index (χ4v) is 1.29. The van der Waals surface area contributed by atoms with Gasteiger partial charge >= 0.3 is 0 Å². The summed E-state index contributed by atoms with van der Waals surface area (Å²) in [4.78, 5) is 0. The van der Waals surface area contributed by atoms with Gasteiger partial charge in [-0.25, -0.2) is 5.01 Å². The SMILES string of the molecule is CC(C)C(C)(O)CN1CCCN1. The molecule has 12 heavy (non-hydrogen) atoms. The molecule has 0 bridgehead atoms. The lowest BCUT2D eigenvalue weighted by Gasteiger charge is -2.31. The maximum Gasteiger partial charge on any atom is 0.0782 e. The highest BCUT2D eigenvalue weighted by atomic mass is 16.3. The van der Waals surface area contributed by atoms with Crippen LogP contribution in [0.15, 0.2) is 0 Å². The van der Waals surface area contributed by atoms with Crippen molar-refractivity contribution >= 4 is 0 Å². The summed E-state index contributed by atoms with van der Waals surface area (Å²) in [6.07, 6.45) is 1.19. The summed E-state index contributed by atoms with van der Waals surface area (Å²) < 4.78 is 0. The smallest absolute Gasteiger partial charge is 0.0782 e. The Hall–Kier alpha value is -0.120. The molecule has 0 spiro atoms. The zero-order valence-electron chi connectivity index (χ0n) is 8.30. The van der Waals surface area contributed by atoms with Crippen molar-refractivity contribution in [1.29, 1.82) is 0 Å². The minimum Gasteiger partial charge on any atom is -0.389 e. The molecule has 72 valence electrons. The van der Waals surface area contributed by atoms with E-state index in [1.165, 1.54) is 6.42 Å². The summed E-state index contributed by atoms with van der Waals surface area (Å²) >= 11 is 0. The molecule has 1 saturated heterocycles. The molecule has 0 radical (unpaired) electrons. The standard InChI is InChI=1S/C9H20N2O/c1-8(2)9(3,12)7-11-6-4-5-10-11/h8,10,12H,4-7H2,1-3H3. The first-order valence-electron chi connectivity index (χ1n) is 4.73. The van der Waals surface area contributed by atoms with Crippen molar-refractivity contribution in [2.75, 3.05) is 19.6 Å². The highest BCUT2D eigenvalue weighted by molar-refractivity contribution is 4.80. The largest absolute Gasteiger partial charge is 0.389 e. The molecule has 1 aliphatic rings. The molecule has 3 heteroatoms. The van der Waals surface area contributed by atoms with Crippen LogP contribution in [0.2, 0.25) is 0 Å². The highest BCUT2D eigenvalue weighted by Crippen LogP contribution is 2.17. The first kappa shape index (κ1) is 9.96. The molecule has 1 unspecified atom stereocenters. The van der Waals surface area contributed by atoms with Gasteiger partial charge in [-0.05, 0) is 19.3 Å². The van der Waals surface area contributed by atoms with Crippen molar-refractivity contribution in [3.8, 4) is 0 Å². The van der Waals surface area contributed by atoms with E-state index >= 15 is 0 Å². The lowest BCUT2D eigenvalue weighted by molar-refractivity contribution is -0.0236. The average molecular weight is 172 g/mol. The van der Waals surface area contributed by atoms with Gasteiger partial charge in [-0.3, -0.25) is 5.43 Å². The van der Waals surface area contributed by atoms with Crippen LogP contribution in [-0.4, -0.2) is 35.4 Å². The zero-order valence-corrected chi connectivity index (χ0v) is 8.30. The number of β-amino-alcohol motifs (C(OH)–C–C–N with tert-alkyl or cyclic N) is 1. The van der Waals surface area contributed by atoms with Crippen LogP contribution in [0.1, 0.15) is 27.2 Å². The predicted octanol–water partition coefficient (Wildman–Crippen LogP) is 0.604. The molecular weight excluding hydrogens is 152 g/mol. The van der Waals surface area contributed by atoms with E-state index in [-0.39, 0.29) is 0 Å². The molecule has 1 heterocycles. The van der Waals surface area contributed by atoms with Crippen molar-refractivity contribution in [3.63, 3.8) is 0 Å². The zero-order chi connectivity index (χ0) is 9.19. The second-order valence-corrected chi connectivity index (χ2v) is 4.20. The van der Waals surface area contributed by atoms with E-state index in [9.17, 15) is 5.11 Å². The van der Waals surface area contributed by atoms with Gasteiger partial charge in [0.2, 0.25) is 0 Å². The Balaban J connectivity index is 2.37. The van der Waals surface area contributed by atoms with E-state index < -0.39 is 5.60 Å². The Morgan fingerprint density at radius 1 is 1.58 bits per heavy atom. The fraction of sp³-hybridized carbons (Fsp3) is 1.00. The van der Waals surface area contributed by atoms with Gasteiger partial charge in [-0.1, -0.05) is 13.8 Å². The van der Waals surface area contributed by atoms with Gasteiger partial charge in [0.25, 0.3) is 0 Å². The minimum absolute atomic E-state index is 0.305. The number of hydrazine groups is 1. The highest BCUT2D eigenvalue weighted by Gasteiger charge is 2.28. The van der Waals surface area contributed by atoms with Crippen LogP contribution in [0.25, 0.3) is 0 Å². The van der Waals surface area contributed by atoms with E-state index in [4.69, 9.17) is 0 Å². The number of rotatable bonds is 3. The van der Waals surface area contributed by atoms with Gasteiger partial charge in [-0.2, -0.15) is 0 Å². The number of nitrogens with one attached hydrogen (secondary N) is 1. The predicted molar refractivity (Wildman–Crippen MR) is 49.7 cm³/mol. The fourth-order valence-electron chi connectivity index (χ4n) is 1.29. The van der Waals surface area contributed by atoms with Crippen molar-refractivity contribution in [2.24, 2.45) is 5.92 Å². The van der Waals surface area contributed by atoms with E-state index in [0.717, 1.165) is 19.6 Å². The average Bonchev–Trinajstić information content (AvgIpc) is 2.38. The van der Waals surface area contributed by atoms with Crippen LogP contribution in [0.4, 0.5) is 0 Å². The Labute approximate surface area is 74.7 Å². The van der Waals surface area contributed by atoms with Gasteiger partial charge in [0, 0.05) is 19.6 Å². The van der Waals surface area contributed by atoms with Gasteiger partial charge in [0.1, 0.15) is 0 Å². The molecule has 0 saturated carbocycles. The Morgan fingerprint density at radius 2 is 2.25 bits per heavy atom. The maximum atomic E-state index is 9.97. The molecule has 0 aliphatic carbocycles. The van der Waals surface area contributed by atoms with E-state index in [0.29, 0.717) is 5.92 Å². The lowest BCUT2D eigenvalue weighted by Crippen LogP contribution is -2.47. The minimum atomic E-state index is -0.572. The summed E-state index contributed by atoms with van der Waals surface area (Å²) in [6, 6.07) is 0. The number of hydrogen-bond donors (Lipinski definition) is 2. The molecule has 1 fully saturated rings. The third-order valence-corrected chi connectivity index (χ3v) is 2.69. The van der Waals surface area contributed by atoms with Crippen LogP contribution in [0.3, 0.4) is 0 Å². The molecule has 3 nitrogen and oxygen atoms in total. The molecule has 2 N–H and O–H groups in total. The summed E-state index contributed by atoms with van der Waals surface area (Å²) in [5.74, 6) is 0.305. The van der Waals surface area contributed by atoms with Gasteiger partial charge < -0.3 is 5.11 Å². The second-order valence-electron chi connectivity index (χ2n) is 4.20. The third kappa shape index (κ3) is 2.44. The summed E-state index contributed by atoms with van der Waals surface area (Å²) in [6.45, 7) is 8.84. The first-order chi connectivity index (χ1) is 5.52. The number of nitrogens with zero attached hydrogens (tertiary/aromatic N) is 1. The normalized spacial score (nSPS) is 24.8. The molecule has 1 rings (SSSR count). The molecule has 0 aromatic heterocycles. The molecule has 1 aliphatic heterocycles. The van der Waals surface area contributed by atoms with Crippen LogP contribution in [-0.2, 0) is 0 Å². The lowest BCUT2D eigenvalue weighted by atomic mass is 9.92. The maximum absolute atomic E-state index is 9.97. The van der Waals surface area contributed by atoms with Crippen molar-refractivity contribution in [3.05, 3.63) is 0 Å². The number of hydrogen-bond acceptors (Lipinski definition) is 3. The summed E-state index contributed by atoms with van der Waals surface area (Å²) in [5.41, 5.74) is 2.67. The Kier molecular flexibility index (Phi) is 3.09. The Morgan fingerprint density at radius 3 is 2.67 bits per heavy atom. The van der Waals surface area contributed by atoms with Crippen molar-refractivity contribution in [1.82, 2.24) is 10.4 Å². The number of aliphatic hydroxyl groups is 1. The third-order valence-electron chi connectivity index (χ3n) is 2.69. The molecule has 0 aromatic rings. The van der Waals surface area contributed by atoms with Crippen LogP contribution < -0.4 is 5.43 Å². The quantitative estimate of drug-likeness (QED) is 0.654. The van der Waals surface area contributed by atoms with Gasteiger partial charge in [-0.15, -0.1) is 0 Å². The molecule has 0 amide bonds. The van der Waals surface area contributed by atoms with E-state index in [2.05, 4.69) is 24.3 Å². The summed E-state index contributed by atoms with van der Waals surface area (Å²) in [7, 11) is 0. The first-order valence-corrected chi connectivity index (χ1v) is 4.73. The molecular formula is C9H20N2O. The van der Waals surface area contributed by atoms with E-state index in [1.807, 2.05) is 6.92 Å². The van der Waals surface area contributed by atoms with E-state index in [1.54, 1.807) is 0 Å². The van der Waals surface area contributed by atoms with Crippen LogP contribution in [0.5, 0.6) is 0 Å². The molecule has 1 atom stereocenters. The molecule has 0 aromatic carbocycles. The van der Waals surface area contributed by atoms with Gasteiger partial charge in [0.05, 0.1) is 5.60 Å². The van der Waals surface area contributed by atoms with Gasteiger partial charge in [0.15, 0.2) is 0 Å².